The molecule has 130 valence electrons. The molecule has 1 N–H and O–H groups in total. The third-order valence-electron chi connectivity index (χ3n) is 6.34. The highest BCUT2D eigenvalue weighted by Crippen LogP contribution is 2.63. The van der Waals surface area contributed by atoms with Crippen LogP contribution in [0.4, 0.5) is 0 Å². The number of hydrogen-bond donors (Lipinski definition) is 1. The molecule has 0 radical (unpaired) electrons. The van der Waals surface area contributed by atoms with Crippen molar-refractivity contribution in [3.05, 3.63) is 0 Å². The van der Waals surface area contributed by atoms with E-state index in [0.29, 0.717) is 36.8 Å². The molecule has 22 heavy (non-hydrogen) atoms. The van der Waals surface area contributed by atoms with Gasteiger partial charge in [0.2, 0.25) is 0 Å². The third-order valence-corrected chi connectivity index (χ3v) is 6.34. The number of rotatable bonds is 7. The van der Waals surface area contributed by atoms with E-state index in [1.54, 1.807) is 0 Å². The molecule has 0 aromatic rings. The summed E-state index contributed by atoms with van der Waals surface area (Å²) in [4.78, 5) is 2.34. The molecule has 2 aliphatic carbocycles. The van der Waals surface area contributed by atoms with Crippen LogP contribution in [0.25, 0.3) is 0 Å². The minimum Gasteiger partial charge on any atom is -0.389 e. The summed E-state index contributed by atoms with van der Waals surface area (Å²) in [7, 11) is 0. The van der Waals surface area contributed by atoms with Gasteiger partial charge in [-0.1, -0.05) is 20.8 Å². The number of hydrogen-bond acceptors (Lipinski definition) is 3. The van der Waals surface area contributed by atoms with Crippen LogP contribution < -0.4 is 0 Å². The van der Waals surface area contributed by atoms with Crippen molar-refractivity contribution in [2.45, 2.75) is 92.0 Å². The highest BCUT2D eigenvalue weighted by molar-refractivity contribution is 5.09. The first-order valence-electron chi connectivity index (χ1n) is 9.13. The second-order valence-electron chi connectivity index (χ2n) is 9.17. The molecule has 0 heterocycles. The number of fused-ring (bicyclic) bond motifs is 2. The van der Waals surface area contributed by atoms with Gasteiger partial charge in [-0.15, -0.1) is 0 Å². The van der Waals surface area contributed by atoms with Crippen molar-refractivity contribution in [1.29, 1.82) is 0 Å². The minimum absolute atomic E-state index is 0.252. The van der Waals surface area contributed by atoms with E-state index < -0.39 is 6.10 Å². The summed E-state index contributed by atoms with van der Waals surface area (Å²) >= 11 is 0. The van der Waals surface area contributed by atoms with Gasteiger partial charge in [0.25, 0.3) is 0 Å². The van der Waals surface area contributed by atoms with E-state index in [4.69, 9.17) is 4.74 Å². The summed E-state index contributed by atoms with van der Waals surface area (Å²) < 4.78 is 6.30. The van der Waals surface area contributed by atoms with E-state index in [0.717, 1.165) is 5.92 Å². The van der Waals surface area contributed by atoms with Crippen molar-refractivity contribution in [3.8, 4) is 0 Å². The lowest BCUT2D eigenvalue weighted by atomic mass is 9.70. The molecule has 2 saturated carbocycles. The molecule has 0 amide bonds. The zero-order chi connectivity index (χ0) is 16.7. The van der Waals surface area contributed by atoms with Crippen molar-refractivity contribution < 1.29 is 9.84 Å². The quantitative estimate of drug-likeness (QED) is 0.778. The fourth-order valence-electron chi connectivity index (χ4n) is 5.19. The van der Waals surface area contributed by atoms with E-state index in [9.17, 15) is 5.11 Å². The lowest BCUT2D eigenvalue weighted by Gasteiger charge is -2.43. The molecule has 0 aromatic carbocycles. The number of ether oxygens (including phenoxy) is 1. The van der Waals surface area contributed by atoms with E-state index in [1.165, 1.54) is 19.3 Å². The van der Waals surface area contributed by atoms with Gasteiger partial charge in [-0.2, -0.15) is 0 Å². The van der Waals surface area contributed by atoms with Crippen LogP contribution in [0, 0.1) is 16.7 Å². The highest BCUT2D eigenvalue weighted by Gasteiger charge is 2.60. The van der Waals surface area contributed by atoms with Crippen molar-refractivity contribution in [1.82, 2.24) is 4.90 Å². The molecule has 0 spiro atoms. The van der Waals surface area contributed by atoms with Gasteiger partial charge in [-0.05, 0) is 63.7 Å². The fraction of sp³-hybridized carbons (Fsp3) is 1.00. The van der Waals surface area contributed by atoms with Crippen LogP contribution >= 0.6 is 0 Å². The lowest BCUT2D eigenvalue weighted by molar-refractivity contribution is -0.115. The van der Waals surface area contributed by atoms with Crippen LogP contribution in [0.2, 0.25) is 0 Å². The summed E-state index contributed by atoms with van der Waals surface area (Å²) in [5.74, 6) is 0.794. The Morgan fingerprint density at radius 3 is 2.18 bits per heavy atom. The SMILES string of the molecule is CC(C)N(C[C@H](O)CO[C@H]1C(C)(C)[C@H]2CC[C@@]1(C)C2)C(C)C. The number of nitrogens with zero attached hydrogens (tertiary/aromatic N) is 1. The molecule has 3 nitrogen and oxygen atoms in total. The molecule has 2 rings (SSSR count). The fourth-order valence-corrected chi connectivity index (χ4v) is 5.19. The number of aliphatic hydroxyl groups is 1. The van der Waals surface area contributed by atoms with Crippen molar-refractivity contribution >= 4 is 0 Å². The Hall–Kier alpha value is -0.120. The van der Waals surface area contributed by atoms with Gasteiger partial charge in [-0.3, -0.25) is 4.90 Å². The van der Waals surface area contributed by atoms with Crippen LogP contribution in [-0.2, 0) is 4.74 Å². The molecule has 2 aliphatic rings. The van der Waals surface area contributed by atoms with E-state index >= 15 is 0 Å². The molecule has 0 saturated heterocycles. The summed E-state index contributed by atoms with van der Waals surface area (Å²) in [5.41, 5.74) is 0.576. The predicted octanol–water partition coefficient (Wildman–Crippen LogP) is 3.70. The maximum atomic E-state index is 10.4. The molecule has 3 heteroatoms. The van der Waals surface area contributed by atoms with Gasteiger partial charge in [0, 0.05) is 18.6 Å². The Morgan fingerprint density at radius 1 is 1.14 bits per heavy atom. The summed E-state index contributed by atoms with van der Waals surface area (Å²) in [6, 6.07) is 0.900. The summed E-state index contributed by atoms with van der Waals surface area (Å²) in [6.07, 6.45) is 3.82. The first kappa shape index (κ1) is 18.2. The van der Waals surface area contributed by atoms with Gasteiger partial charge in [0.15, 0.2) is 0 Å². The third kappa shape index (κ3) is 3.37. The van der Waals surface area contributed by atoms with E-state index in [1.807, 2.05) is 0 Å². The maximum absolute atomic E-state index is 10.4. The predicted molar refractivity (Wildman–Crippen MR) is 92.0 cm³/mol. The Labute approximate surface area is 137 Å². The summed E-state index contributed by atoms with van der Waals surface area (Å²) in [5, 5.41) is 10.4. The highest BCUT2D eigenvalue weighted by atomic mass is 16.5. The Morgan fingerprint density at radius 2 is 1.73 bits per heavy atom. The molecule has 4 atom stereocenters. The largest absolute Gasteiger partial charge is 0.389 e. The molecule has 2 fully saturated rings. The lowest BCUT2D eigenvalue weighted by Crippen LogP contribution is -2.46. The second-order valence-corrected chi connectivity index (χ2v) is 9.17. The van der Waals surface area contributed by atoms with Crippen LogP contribution in [0.15, 0.2) is 0 Å². The van der Waals surface area contributed by atoms with Gasteiger partial charge in [0.05, 0.1) is 18.8 Å². The average molecular weight is 312 g/mol. The first-order valence-corrected chi connectivity index (χ1v) is 9.13. The molecule has 2 bridgehead atoms. The Balaban J connectivity index is 1.90. The smallest absolute Gasteiger partial charge is 0.0900 e. The Kier molecular flexibility index (Phi) is 5.31. The van der Waals surface area contributed by atoms with Crippen molar-refractivity contribution in [3.63, 3.8) is 0 Å². The normalized spacial score (nSPS) is 35.0. The van der Waals surface area contributed by atoms with Crippen LogP contribution in [0.5, 0.6) is 0 Å². The van der Waals surface area contributed by atoms with Gasteiger partial charge >= 0.3 is 0 Å². The molecule has 0 unspecified atom stereocenters. The molecular weight excluding hydrogens is 274 g/mol. The maximum Gasteiger partial charge on any atom is 0.0900 e. The number of aliphatic hydroxyl groups excluding tert-OH is 1. The Bertz CT molecular complexity index is 367. The standard InChI is InChI=1S/C19H37NO2/c1-13(2)20(14(3)4)11-16(21)12-22-17-18(5,6)15-8-9-19(17,7)10-15/h13-17,21H,8-12H2,1-7H3/t15-,16-,17-,19-/m0/s1. The van der Waals surface area contributed by atoms with Crippen molar-refractivity contribution in [2.24, 2.45) is 16.7 Å². The zero-order valence-electron chi connectivity index (χ0n) is 15.7. The molecule has 0 aliphatic heterocycles. The average Bonchev–Trinajstić information content (AvgIpc) is 2.85. The van der Waals surface area contributed by atoms with Gasteiger partial charge in [0.1, 0.15) is 0 Å². The molecular formula is C19H37NO2. The monoisotopic (exact) mass is 311 g/mol. The first-order chi connectivity index (χ1) is 10.1. The van der Waals surface area contributed by atoms with E-state index in [-0.39, 0.29) is 5.41 Å². The summed E-state index contributed by atoms with van der Waals surface area (Å²) in [6.45, 7) is 17.0. The van der Waals surface area contributed by atoms with Crippen LogP contribution in [0.1, 0.15) is 67.7 Å². The minimum atomic E-state index is -0.400. The van der Waals surface area contributed by atoms with E-state index in [2.05, 4.69) is 53.4 Å². The second kappa shape index (κ2) is 6.41. The van der Waals surface area contributed by atoms with Gasteiger partial charge < -0.3 is 9.84 Å². The topological polar surface area (TPSA) is 32.7 Å². The molecule has 0 aromatic heterocycles. The van der Waals surface area contributed by atoms with Crippen LogP contribution in [-0.4, -0.2) is 47.4 Å². The zero-order valence-corrected chi connectivity index (χ0v) is 15.7. The van der Waals surface area contributed by atoms with Gasteiger partial charge in [-0.25, -0.2) is 0 Å². The van der Waals surface area contributed by atoms with Crippen molar-refractivity contribution in [2.75, 3.05) is 13.2 Å². The van der Waals surface area contributed by atoms with Crippen LogP contribution in [0.3, 0.4) is 0 Å².